The van der Waals surface area contributed by atoms with Crippen LogP contribution in [-0.4, -0.2) is 58.0 Å². The van der Waals surface area contributed by atoms with Crippen LogP contribution in [0.1, 0.15) is 26.2 Å². The number of thioether (sulfide) groups is 1. The second-order valence-electron chi connectivity index (χ2n) is 4.70. The van der Waals surface area contributed by atoms with Gasteiger partial charge in [-0.15, -0.1) is 0 Å². The first-order valence-corrected chi connectivity index (χ1v) is 7.66. The lowest BCUT2D eigenvalue weighted by Gasteiger charge is -2.25. The van der Waals surface area contributed by atoms with E-state index < -0.39 is 31.0 Å². The zero-order valence-corrected chi connectivity index (χ0v) is 12.3. The number of hydrogen-bond donors (Lipinski definition) is 3. The maximum atomic E-state index is 12.1. The van der Waals surface area contributed by atoms with Gasteiger partial charge in [-0.25, -0.2) is 4.79 Å². The number of carboxylic acids is 1. The van der Waals surface area contributed by atoms with Crippen molar-refractivity contribution in [3.05, 3.63) is 0 Å². The van der Waals surface area contributed by atoms with Crippen LogP contribution in [-0.2, 0) is 9.59 Å². The van der Waals surface area contributed by atoms with Crippen LogP contribution in [0.15, 0.2) is 0 Å². The van der Waals surface area contributed by atoms with Gasteiger partial charge in [0.05, 0.1) is 0 Å². The number of carbonyl (C=O) groups is 3. The van der Waals surface area contributed by atoms with E-state index in [1.807, 2.05) is 0 Å². The van der Waals surface area contributed by atoms with Gasteiger partial charge in [-0.1, -0.05) is 13.3 Å². The second-order valence-corrected chi connectivity index (χ2v) is 6.21. The molecule has 0 bridgehead atoms. The molecule has 0 aromatic rings. The van der Waals surface area contributed by atoms with Crippen LogP contribution in [0.25, 0.3) is 0 Å². The van der Waals surface area contributed by atoms with E-state index in [4.69, 9.17) is 10.8 Å². The van der Waals surface area contributed by atoms with E-state index in [2.05, 4.69) is 12.2 Å². The molecule has 1 saturated carbocycles. The smallest absolute Gasteiger partial charge is 0.323 e. The molecule has 1 aliphatic carbocycles. The van der Waals surface area contributed by atoms with Gasteiger partial charge in [0.15, 0.2) is 0 Å². The molecule has 2 unspecified atom stereocenters. The summed E-state index contributed by atoms with van der Waals surface area (Å²) in [6, 6.07) is -0.517. The Balaban J connectivity index is 2.60. The Morgan fingerprint density at radius 3 is 2.60 bits per heavy atom. The summed E-state index contributed by atoms with van der Waals surface area (Å²) in [4.78, 5) is 34.6. The van der Waals surface area contributed by atoms with E-state index in [9.17, 15) is 14.4 Å². The molecule has 0 aromatic carbocycles. The maximum absolute atomic E-state index is 12.1. The lowest BCUT2D eigenvalue weighted by Crippen LogP contribution is -2.50. The van der Waals surface area contributed by atoms with E-state index >= 15 is 0 Å². The molecule has 2 atom stereocenters. The first-order valence-electron chi connectivity index (χ1n) is 6.61. The number of aliphatic carboxylic acids is 1. The molecule has 1 rings (SSSR count). The van der Waals surface area contributed by atoms with Crippen LogP contribution in [0.5, 0.6) is 0 Å². The fourth-order valence-corrected chi connectivity index (χ4v) is 3.50. The van der Waals surface area contributed by atoms with Gasteiger partial charge >= 0.3 is 12.0 Å². The molecule has 0 spiro atoms. The van der Waals surface area contributed by atoms with Gasteiger partial charge < -0.3 is 21.1 Å². The number of nitrogens with one attached hydrogen (secondary N) is 1. The predicted molar refractivity (Wildman–Crippen MR) is 76.5 cm³/mol. The van der Waals surface area contributed by atoms with Gasteiger partial charge in [-0.2, -0.15) is 11.8 Å². The average Bonchev–Trinajstić information content (AvgIpc) is 2.75. The van der Waals surface area contributed by atoms with E-state index in [1.165, 1.54) is 0 Å². The first kappa shape index (κ1) is 16.6. The summed E-state index contributed by atoms with van der Waals surface area (Å²) in [5.41, 5.74) is 5.03. The molecule has 0 aromatic heterocycles. The van der Waals surface area contributed by atoms with Crippen LogP contribution >= 0.6 is 11.8 Å². The van der Waals surface area contributed by atoms with E-state index in [0.29, 0.717) is 5.25 Å². The maximum Gasteiger partial charge on any atom is 0.323 e. The summed E-state index contributed by atoms with van der Waals surface area (Å²) in [6.45, 7) is 1.13. The second kappa shape index (κ2) is 7.98. The van der Waals surface area contributed by atoms with E-state index in [1.54, 1.807) is 11.8 Å². The molecular weight excluding hydrogens is 282 g/mol. The zero-order chi connectivity index (χ0) is 15.1. The summed E-state index contributed by atoms with van der Waals surface area (Å²) in [5, 5.41) is 11.9. The Labute approximate surface area is 122 Å². The Hall–Kier alpha value is -1.44. The van der Waals surface area contributed by atoms with Gasteiger partial charge in [0, 0.05) is 11.3 Å². The monoisotopic (exact) mass is 303 g/mol. The average molecular weight is 303 g/mol. The van der Waals surface area contributed by atoms with E-state index in [-0.39, 0.29) is 6.04 Å². The molecule has 0 radical (unpaired) electrons. The quantitative estimate of drug-likeness (QED) is 0.623. The van der Waals surface area contributed by atoms with Crippen molar-refractivity contribution in [3.63, 3.8) is 0 Å². The first-order chi connectivity index (χ1) is 9.43. The Bertz CT molecular complexity index is 362. The number of hydrogen-bond acceptors (Lipinski definition) is 4. The third-order valence-electron chi connectivity index (χ3n) is 3.10. The van der Waals surface area contributed by atoms with Crippen molar-refractivity contribution in [1.29, 1.82) is 0 Å². The summed E-state index contributed by atoms with van der Waals surface area (Å²) in [6.07, 6.45) is 2.95. The summed E-state index contributed by atoms with van der Waals surface area (Å²) in [7, 11) is 0. The molecule has 114 valence electrons. The van der Waals surface area contributed by atoms with Gasteiger partial charge in [-0.3, -0.25) is 9.59 Å². The standard InChI is InChI=1S/C12H21N3O4S/c1-2-20-9-5-3-4-8(9)14-12(19)15(6-10(13)16)7-11(17)18/h8-9H,2-7H2,1H3,(H2,13,16)(H,14,19)(H,17,18). The van der Waals surface area contributed by atoms with Gasteiger partial charge in [0.25, 0.3) is 0 Å². The van der Waals surface area contributed by atoms with Crippen molar-refractivity contribution >= 4 is 29.7 Å². The number of rotatable bonds is 7. The molecule has 7 nitrogen and oxygen atoms in total. The molecule has 20 heavy (non-hydrogen) atoms. The van der Waals surface area contributed by atoms with Gasteiger partial charge in [0.2, 0.25) is 5.91 Å². The molecular formula is C12H21N3O4S. The number of urea groups is 1. The van der Waals surface area contributed by atoms with Crippen molar-refractivity contribution in [2.75, 3.05) is 18.8 Å². The Morgan fingerprint density at radius 2 is 2.05 bits per heavy atom. The Morgan fingerprint density at radius 1 is 1.35 bits per heavy atom. The van der Waals surface area contributed by atoms with E-state index in [0.717, 1.165) is 29.9 Å². The Kier molecular flexibility index (Phi) is 6.63. The fourth-order valence-electron chi connectivity index (χ4n) is 2.31. The largest absolute Gasteiger partial charge is 0.480 e. The van der Waals surface area contributed by atoms with Crippen LogP contribution in [0, 0.1) is 0 Å². The molecule has 1 fully saturated rings. The van der Waals surface area contributed by atoms with Crippen LogP contribution in [0.3, 0.4) is 0 Å². The third-order valence-corrected chi connectivity index (χ3v) is 4.43. The van der Waals surface area contributed by atoms with Crippen molar-refractivity contribution in [1.82, 2.24) is 10.2 Å². The van der Waals surface area contributed by atoms with Crippen molar-refractivity contribution in [3.8, 4) is 0 Å². The molecule has 4 N–H and O–H groups in total. The van der Waals surface area contributed by atoms with Gasteiger partial charge in [-0.05, 0) is 18.6 Å². The molecule has 8 heteroatoms. The lowest BCUT2D eigenvalue weighted by atomic mass is 10.2. The summed E-state index contributed by atoms with van der Waals surface area (Å²) >= 11 is 1.79. The van der Waals surface area contributed by atoms with Crippen LogP contribution in [0.2, 0.25) is 0 Å². The van der Waals surface area contributed by atoms with Crippen LogP contribution < -0.4 is 11.1 Å². The normalized spacial score (nSPS) is 21.4. The molecule has 1 aliphatic rings. The summed E-state index contributed by atoms with van der Waals surface area (Å²) in [5.74, 6) is -0.934. The molecule has 0 saturated heterocycles. The minimum atomic E-state index is -1.17. The highest BCUT2D eigenvalue weighted by Gasteiger charge is 2.30. The zero-order valence-electron chi connectivity index (χ0n) is 11.5. The van der Waals surface area contributed by atoms with Crippen molar-refractivity contribution in [2.24, 2.45) is 5.73 Å². The number of carbonyl (C=O) groups excluding carboxylic acids is 2. The SMILES string of the molecule is CCSC1CCCC1NC(=O)N(CC(N)=O)CC(=O)O. The highest BCUT2D eigenvalue weighted by molar-refractivity contribution is 7.99. The number of amides is 3. The fraction of sp³-hybridized carbons (Fsp3) is 0.750. The number of primary amides is 1. The van der Waals surface area contributed by atoms with Crippen LogP contribution in [0.4, 0.5) is 4.79 Å². The minimum absolute atomic E-state index is 0.0246. The highest BCUT2D eigenvalue weighted by Crippen LogP contribution is 2.29. The number of carboxylic acid groups (broad SMARTS) is 1. The number of nitrogens with two attached hydrogens (primary N) is 1. The highest BCUT2D eigenvalue weighted by atomic mass is 32.2. The lowest BCUT2D eigenvalue weighted by molar-refractivity contribution is -0.137. The molecule has 3 amide bonds. The van der Waals surface area contributed by atoms with Crippen molar-refractivity contribution in [2.45, 2.75) is 37.5 Å². The molecule has 0 aliphatic heterocycles. The minimum Gasteiger partial charge on any atom is -0.480 e. The topological polar surface area (TPSA) is 113 Å². The predicted octanol–water partition coefficient (Wildman–Crippen LogP) is 0.242. The number of nitrogens with zero attached hydrogens (tertiary/aromatic N) is 1. The van der Waals surface area contributed by atoms with Gasteiger partial charge in [0.1, 0.15) is 13.1 Å². The van der Waals surface area contributed by atoms with Crippen molar-refractivity contribution < 1.29 is 19.5 Å². The molecule has 0 heterocycles. The third kappa shape index (κ3) is 5.28. The summed E-state index contributed by atoms with van der Waals surface area (Å²) < 4.78 is 0.